The molecular formula is C21H20N2O2S. The largest absolute Gasteiger partial charge is 0.365 e. The first-order valence-corrected chi connectivity index (χ1v) is 9.20. The van der Waals surface area contributed by atoms with Crippen molar-refractivity contribution < 1.29 is 9.59 Å². The van der Waals surface area contributed by atoms with Crippen molar-refractivity contribution in [2.75, 3.05) is 5.32 Å². The van der Waals surface area contributed by atoms with Crippen LogP contribution in [0.2, 0.25) is 0 Å². The molecule has 4 nitrogen and oxygen atoms in total. The molecule has 1 heterocycles. The van der Waals surface area contributed by atoms with Gasteiger partial charge in [-0.3, -0.25) is 9.59 Å². The van der Waals surface area contributed by atoms with Crippen molar-refractivity contribution >= 4 is 28.2 Å². The minimum atomic E-state index is -0.536. The lowest BCUT2D eigenvalue weighted by molar-refractivity contribution is -0.116. The van der Waals surface area contributed by atoms with E-state index in [1.165, 1.54) is 11.3 Å². The molecule has 5 heteroatoms. The van der Waals surface area contributed by atoms with Gasteiger partial charge in [0.1, 0.15) is 5.00 Å². The van der Waals surface area contributed by atoms with Gasteiger partial charge in [-0.15, -0.1) is 11.3 Å². The second-order valence-corrected chi connectivity index (χ2v) is 7.23. The number of hydrogen-bond donors (Lipinski definition) is 2. The van der Waals surface area contributed by atoms with E-state index in [4.69, 9.17) is 5.73 Å². The first kappa shape index (κ1) is 17.9. The van der Waals surface area contributed by atoms with Crippen molar-refractivity contribution in [3.8, 4) is 11.1 Å². The number of rotatable bonds is 6. The second-order valence-electron chi connectivity index (χ2n) is 6.00. The van der Waals surface area contributed by atoms with E-state index >= 15 is 0 Å². The quantitative estimate of drug-likeness (QED) is 0.681. The van der Waals surface area contributed by atoms with E-state index in [1.54, 1.807) is 0 Å². The van der Waals surface area contributed by atoms with Crippen LogP contribution < -0.4 is 11.1 Å². The van der Waals surface area contributed by atoms with Crippen molar-refractivity contribution in [3.63, 3.8) is 0 Å². The lowest BCUT2D eigenvalue weighted by Gasteiger charge is -2.07. The van der Waals surface area contributed by atoms with Crippen LogP contribution in [0.3, 0.4) is 0 Å². The minimum Gasteiger partial charge on any atom is -0.365 e. The van der Waals surface area contributed by atoms with E-state index in [-0.39, 0.29) is 5.91 Å². The van der Waals surface area contributed by atoms with Crippen LogP contribution in [0.15, 0.2) is 60.7 Å². The Bertz CT molecular complexity index is 918. The number of thiophene rings is 1. The molecule has 132 valence electrons. The van der Waals surface area contributed by atoms with Crippen LogP contribution in [0.4, 0.5) is 5.00 Å². The third-order valence-corrected chi connectivity index (χ3v) is 5.15. The smallest absolute Gasteiger partial charge is 0.252 e. The summed E-state index contributed by atoms with van der Waals surface area (Å²) in [6.07, 6.45) is 0.994. The molecule has 0 aliphatic rings. The van der Waals surface area contributed by atoms with E-state index in [1.807, 2.05) is 67.6 Å². The molecule has 0 bridgehead atoms. The Morgan fingerprint density at radius 3 is 2.23 bits per heavy atom. The number of carbonyl (C=O) groups is 2. The van der Waals surface area contributed by atoms with Crippen LogP contribution in [-0.2, 0) is 11.2 Å². The number of amides is 2. The van der Waals surface area contributed by atoms with Crippen LogP contribution in [-0.4, -0.2) is 11.8 Å². The average Bonchev–Trinajstić information content (AvgIpc) is 2.97. The summed E-state index contributed by atoms with van der Waals surface area (Å²) >= 11 is 1.38. The fraction of sp³-hybridized carbons (Fsp3) is 0.143. The van der Waals surface area contributed by atoms with Gasteiger partial charge in [0.15, 0.2) is 0 Å². The van der Waals surface area contributed by atoms with Gasteiger partial charge in [0.2, 0.25) is 5.91 Å². The molecule has 0 fully saturated rings. The minimum absolute atomic E-state index is 0.128. The van der Waals surface area contributed by atoms with E-state index in [2.05, 4.69) is 5.32 Å². The number of hydrogen-bond acceptors (Lipinski definition) is 3. The van der Waals surface area contributed by atoms with Crippen molar-refractivity contribution in [3.05, 3.63) is 76.7 Å². The van der Waals surface area contributed by atoms with E-state index in [0.29, 0.717) is 23.4 Å². The van der Waals surface area contributed by atoms with Gasteiger partial charge >= 0.3 is 0 Å². The Labute approximate surface area is 156 Å². The molecule has 2 aromatic carbocycles. The van der Waals surface area contributed by atoms with Gasteiger partial charge in [-0.25, -0.2) is 0 Å². The molecule has 26 heavy (non-hydrogen) atoms. The van der Waals surface area contributed by atoms with Gasteiger partial charge in [-0.05, 0) is 24.5 Å². The van der Waals surface area contributed by atoms with Gasteiger partial charge in [-0.1, -0.05) is 60.7 Å². The highest BCUT2D eigenvalue weighted by atomic mass is 32.1. The number of nitrogens with two attached hydrogens (primary N) is 1. The molecular weight excluding hydrogens is 344 g/mol. The summed E-state index contributed by atoms with van der Waals surface area (Å²) < 4.78 is 0. The highest BCUT2D eigenvalue weighted by Gasteiger charge is 2.22. The highest BCUT2D eigenvalue weighted by molar-refractivity contribution is 7.17. The predicted molar refractivity (Wildman–Crippen MR) is 106 cm³/mol. The summed E-state index contributed by atoms with van der Waals surface area (Å²) in [4.78, 5) is 25.4. The Morgan fingerprint density at radius 1 is 1.00 bits per heavy atom. The summed E-state index contributed by atoms with van der Waals surface area (Å²) in [5, 5.41) is 3.39. The van der Waals surface area contributed by atoms with Crippen LogP contribution >= 0.6 is 11.3 Å². The highest BCUT2D eigenvalue weighted by Crippen LogP contribution is 2.39. The van der Waals surface area contributed by atoms with Crippen LogP contribution in [0, 0.1) is 6.92 Å². The zero-order valence-electron chi connectivity index (χ0n) is 14.5. The molecule has 0 aliphatic heterocycles. The van der Waals surface area contributed by atoms with E-state index in [0.717, 1.165) is 21.6 Å². The van der Waals surface area contributed by atoms with Gasteiger partial charge < -0.3 is 11.1 Å². The molecule has 0 spiro atoms. The lowest BCUT2D eigenvalue weighted by Crippen LogP contribution is -2.17. The number of benzene rings is 2. The number of carbonyl (C=O) groups excluding carboxylic acids is 2. The number of primary amides is 1. The molecule has 3 aromatic rings. The van der Waals surface area contributed by atoms with Gasteiger partial charge in [0.25, 0.3) is 5.91 Å². The first-order valence-electron chi connectivity index (χ1n) is 8.38. The maximum absolute atomic E-state index is 12.4. The fourth-order valence-electron chi connectivity index (χ4n) is 2.91. The Kier molecular flexibility index (Phi) is 5.49. The van der Waals surface area contributed by atoms with Crippen molar-refractivity contribution in [2.24, 2.45) is 5.73 Å². The molecule has 0 atom stereocenters. The van der Waals surface area contributed by atoms with Gasteiger partial charge in [0, 0.05) is 16.9 Å². The third-order valence-electron chi connectivity index (χ3n) is 4.13. The molecule has 0 unspecified atom stereocenters. The molecule has 0 aliphatic carbocycles. The molecule has 3 N–H and O–H groups in total. The van der Waals surface area contributed by atoms with E-state index < -0.39 is 5.91 Å². The number of aryl methyl sites for hydroxylation is 2. The Morgan fingerprint density at radius 2 is 1.62 bits per heavy atom. The summed E-state index contributed by atoms with van der Waals surface area (Å²) in [5.41, 5.74) is 8.82. The maximum atomic E-state index is 12.4. The second kappa shape index (κ2) is 7.97. The molecule has 3 rings (SSSR count). The summed E-state index contributed by atoms with van der Waals surface area (Å²) in [7, 11) is 0. The number of anilines is 1. The summed E-state index contributed by atoms with van der Waals surface area (Å²) in [6.45, 7) is 1.93. The SMILES string of the molecule is Cc1sc(NC(=O)CCc2ccccc2)c(C(N)=O)c1-c1ccccc1. The first-order chi connectivity index (χ1) is 12.6. The average molecular weight is 364 g/mol. The number of nitrogens with one attached hydrogen (secondary N) is 1. The van der Waals surface area contributed by atoms with Crippen LogP contribution in [0.25, 0.3) is 11.1 Å². The van der Waals surface area contributed by atoms with Crippen LogP contribution in [0.1, 0.15) is 27.2 Å². The zero-order valence-corrected chi connectivity index (χ0v) is 15.3. The third kappa shape index (κ3) is 4.00. The van der Waals surface area contributed by atoms with Gasteiger partial charge in [-0.2, -0.15) is 0 Å². The normalized spacial score (nSPS) is 10.5. The summed E-state index contributed by atoms with van der Waals surface area (Å²) in [5.74, 6) is -0.663. The summed E-state index contributed by atoms with van der Waals surface area (Å²) in [6, 6.07) is 19.4. The molecule has 0 saturated carbocycles. The standard InChI is InChI=1S/C21H20N2O2S/c1-14-18(16-10-6-3-7-11-16)19(20(22)25)21(26-14)23-17(24)13-12-15-8-4-2-5-9-15/h2-11H,12-13H2,1H3,(H2,22,25)(H,23,24). The fourth-order valence-corrected chi connectivity index (χ4v) is 4.01. The topological polar surface area (TPSA) is 72.2 Å². The zero-order chi connectivity index (χ0) is 18.5. The predicted octanol–water partition coefficient (Wildman–Crippen LogP) is 4.39. The Balaban J connectivity index is 1.82. The van der Waals surface area contributed by atoms with E-state index in [9.17, 15) is 9.59 Å². The maximum Gasteiger partial charge on any atom is 0.252 e. The van der Waals surface area contributed by atoms with Crippen molar-refractivity contribution in [1.29, 1.82) is 0 Å². The van der Waals surface area contributed by atoms with Crippen molar-refractivity contribution in [2.45, 2.75) is 19.8 Å². The van der Waals surface area contributed by atoms with Crippen molar-refractivity contribution in [1.82, 2.24) is 0 Å². The molecule has 1 aromatic heterocycles. The van der Waals surface area contributed by atoms with Crippen LogP contribution in [0.5, 0.6) is 0 Å². The lowest BCUT2D eigenvalue weighted by atomic mass is 10.0. The Hall–Kier alpha value is -2.92. The monoisotopic (exact) mass is 364 g/mol. The molecule has 0 saturated heterocycles. The molecule has 2 amide bonds. The van der Waals surface area contributed by atoms with Gasteiger partial charge in [0.05, 0.1) is 5.56 Å². The molecule has 0 radical (unpaired) electrons.